The SMILES string of the molecule is Cn1nc([N+](=O)[O-])nc1Sc1nnc(-c2ccc(Br)cc2)o1. The second-order valence-corrected chi connectivity index (χ2v) is 5.89. The third kappa shape index (κ3) is 2.99. The topological polar surface area (TPSA) is 113 Å². The van der Waals surface area contributed by atoms with Gasteiger partial charge in [-0.15, -0.1) is 10.2 Å². The first-order chi connectivity index (χ1) is 10.5. The Bertz CT molecular complexity index is 831. The predicted octanol–water partition coefficient (Wildman–Crippen LogP) is 2.69. The molecule has 1 aromatic carbocycles. The van der Waals surface area contributed by atoms with E-state index in [0.29, 0.717) is 5.89 Å². The van der Waals surface area contributed by atoms with Gasteiger partial charge in [-0.1, -0.05) is 15.9 Å². The minimum atomic E-state index is -0.662. The molecule has 0 spiro atoms. The van der Waals surface area contributed by atoms with Crippen molar-refractivity contribution < 1.29 is 9.34 Å². The monoisotopic (exact) mass is 382 g/mol. The average Bonchev–Trinajstić information content (AvgIpc) is 3.08. The molecule has 0 N–H and O–H groups in total. The summed E-state index contributed by atoms with van der Waals surface area (Å²) in [6.07, 6.45) is 0. The molecule has 2 heterocycles. The van der Waals surface area contributed by atoms with Crippen LogP contribution in [0.25, 0.3) is 11.5 Å². The highest BCUT2D eigenvalue weighted by atomic mass is 79.9. The van der Waals surface area contributed by atoms with Crippen LogP contribution in [0, 0.1) is 10.1 Å². The number of rotatable bonds is 4. The summed E-state index contributed by atoms with van der Waals surface area (Å²) >= 11 is 4.35. The molecular weight excluding hydrogens is 376 g/mol. The van der Waals surface area contributed by atoms with E-state index in [-0.39, 0.29) is 10.4 Å². The Labute approximate surface area is 136 Å². The number of nitrogens with zero attached hydrogens (tertiary/aromatic N) is 6. The lowest BCUT2D eigenvalue weighted by Crippen LogP contribution is -1.94. The molecule has 11 heteroatoms. The van der Waals surface area contributed by atoms with Crippen LogP contribution in [-0.4, -0.2) is 29.9 Å². The van der Waals surface area contributed by atoms with E-state index in [1.165, 1.54) is 4.68 Å². The van der Waals surface area contributed by atoms with Gasteiger partial charge in [0.25, 0.3) is 10.4 Å². The van der Waals surface area contributed by atoms with Crippen LogP contribution in [0.2, 0.25) is 0 Å². The summed E-state index contributed by atoms with van der Waals surface area (Å²) in [4.78, 5) is 13.8. The molecule has 3 aromatic rings. The highest BCUT2D eigenvalue weighted by Gasteiger charge is 2.22. The molecule has 0 aliphatic carbocycles. The maximum absolute atomic E-state index is 10.6. The minimum Gasteiger partial charge on any atom is -0.411 e. The fourth-order valence-electron chi connectivity index (χ4n) is 1.56. The highest BCUT2D eigenvalue weighted by Crippen LogP contribution is 2.29. The summed E-state index contributed by atoms with van der Waals surface area (Å²) in [6.45, 7) is 0. The van der Waals surface area contributed by atoms with E-state index < -0.39 is 10.9 Å². The van der Waals surface area contributed by atoms with Gasteiger partial charge < -0.3 is 14.5 Å². The van der Waals surface area contributed by atoms with Crippen LogP contribution >= 0.6 is 27.7 Å². The van der Waals surface area contributed by atoms with Crippen molar-refractivity contribution in [2.45, 2.75) is 10.4 Å². The number of aryl methyl sites for hydroxylation is 1. The number of hydrogen-bond acceptors (Lipinski definition) is 8. The summed E-state index contributed by atoms with van der Waals surface area (Å²) in [5.41, 5.74) is 0.770. The summed E-state index contributed by atoms with van der Waals surface area (Å²) < 4.78 is 7.74. The van der Waals surface area contributed by atoms with Crippen molar-refractivity contribution >= 4 is 33.6 Å². The quantitative estimate of drug-likeness (QED) is 0.499. The second kappa shape index (κ2) is 5.85. The minimum absolute atomic E-state index is 0.225. The third-order valence-corrected chi connectivity index (χ3v) is 3.96. The van der Waals surface area contributed by atoms with E-state index in [1.54, 1.807) is 7.05 Å². The molecule has 2 aromatic heterocycles. The molecule has 0 saturated heterocycles. The lowest BCUT2D eigenvalue weighted by atomic mass is 10.2. The van der Waals surface area contributed by atoms with E-state index in [2.05, 4.69) is 36.2 Å². The van der Waals surface area contributed by atoms with Crippen LogP contribution < -0.4 is 0 Å². The molecule has 0 aliphatic rings. The van der Waals surface area contributed by atoms with E-state index in [4.69, 9.17) is 4.42 Å². The van der Waals surface area contributed by atoms with E-state index in [1.807, 2.05) is 24.3 Å². The van der Waals surface area contributed by atoms with Gasteiger partial charge in [0, 0.05) is 33.9 Å². The van der Waals surface area contributed by atoms with Gasteiger partial charge in [0.2, 0.25) is 5.89 Å². The normalized spacial score (nSPS) is 10.8. The Hall–Kier alpha value is -2.27. The van der Waals surface area contributed by atoms with Crippen LogP contribution in [0.5, 0.6) is 0 Å². The zero-order chi connectivity index (χ0) is 15.7. The highest BCUT2D eigenvalue weighted by molar-refractivity contribution is 9.10. The van der Waals surface area contributed by atoms with Gasteiger partial charge in [-0.3, -0.25) is 0 Å². The van der Waals surface area contributed by atoms with Crippen LogP contribution in [0.3, 0.4) is 0 Å². The smallest absolute Gasteiger partial charge is 0.411 e. The van der Waals surface area contributed by atoms with Crippen molar-refractivity contribution in [3.05, 3.63) is 38.9 Å². The molecule has 3 rings (SSSR count). The van der Waals surface area contributed by atoms with Crippen molar-refractivity contribution in [2.75, 3.05) is 0 Å². The number of hydrogen-bond donors (Lipinski definition) is 0. The summed E-state index contributed by atoms with van der Waals surface area (Å²) in [6, 6.07) is 7.38. The second-order valence-electron chi connectivity index (χ2n) is 4.06. The first-order valence-electron chi connectivity index (χ1n) is 5.85. The standard InChI is InChI=1S/C11H7BrN6O3S/c1-17-10(13-9(16-17)18(19)20)22-11-15-14-8(21-11)6-2-4-7(12)5-3-6/h2-5H,1H3. The van der Waals surface area contributed by atoms with E-state index in [0.717, 1.165) is 21.8 Å². The Balaban J connectivity index is 1.82. The lowest BCUT2D eigenvalue weighted by molar-refractivity contribution is -0.394. The number of halogens is 1. The molecule has 0 bridgehead atoms. The van der Waals surface area contributed by atoms with Gasteiger partial charge in [-0.2, -0.15) is 4.68 Å². The Morgan fingerprint density at radius 3 is 2.68 bits per heavy atom. The number of nitro groups is 1. The fourth-order valence-corrected chi connectivity index (χ4v) is 2.48. The van der Waals surface area contributed by atoms with Crippen molar-refractivity contribution in [1.82, 2.24) is 25.0 Å². The fraction of sp³-hybridized carbons (Fsp3) is 0.0909. The molecule has 22 heavy (non-hydrogen) atoms. The van der Waals surface area contributed by atoms with Gasteiger partial charge in [-0.25, -0.2) is 0 Å². The van der Waals surface area contributed by atoms with Gasteiger partial charge >= 0.3 is 5.95 Å². The van der Waals surface area contributed by atoms with Crippen molar-refractivity contribution in [1.29, 1.82) is 0 Å². The van der Waals surface area contributed by atoms with Crippen molar-refractivity contribution in [3.63, 3.8) is 0 Å². The van der Waals surface area contributed by atoms with Crippen molar-refractivity contribution in [2.24, 2.45) is 7.05 Å². The third-order valence-electron chi connectivity index (χ3n) is 2.55. The van der Waals surface area contributed by atoms with E-state index in [9.17, 15) is 10.1 Å². The molecule has 0 unspecified atom stereocenters. The van der Waals surface area contributed by atoms with Gasteiger partial charge in [0.05, 0.1) is 0 Å². The number of benzene rings is 1. The van der Waals surface area contributed by atoms with Gasteiger partial charge in [0.1, 0.15) is 0 Å². The maximum atomic E-state index is 10.6. The lowest BCUT2D eigenvalue weighted by Gasteiger charge is -1.94. The Morgan fingerprint density at radius 2 is 2.05 bits per heavy atom. The molecule has 0 fully saturated rings. The molecule has 0 atom stereocenters. The van der Waals surface area contributed by atoms with Crippen LogP contribution in [0.1, 0.15) is 0 Å². The van der Waals surface area contributed by atoms with Crippen LogP contribution in [0.4, 0.5) is 5.95 Å². The average molecular weight is 383 g/mol. The van der Waals surface area contributed by atoms with E-state index >= 15 is 0 Å². The maximum Gasteiger partial charge on any atom is 0.492 e. The molecule has 0 aliphatic heterocycles. The molecular formula is C11H7BrN6O3S. The molecule has 9 nitrogen and oxygen atoms in total. The molecule has 0 radical (unpaired) electrons. The Morgan fingerprint density at radius 1 is 1.32 bits per heavy atom. The van der Waals surface area contributed by atoms with Crippen molar-refractivity contribution in [3.8, 4) is 11.5 Å². The zero-order valence-electron chi connectivity index (χ0n) is 11.0. The molecule has 112 valence electrons. The number of aromatic nitrogens is 5. The molecule has 0 saturated carbocycles. The van der Waals surface area contributed by atoms with Crippen LogP contribution in [-0.2, 0) is 7.05 Å². The molecule has 0 amide bonds. The summed E-state index contributed by atoms with van der Waals surface area (Å²) in [5.74, 6) is -0.121. The summed E-state index contributed by atoms with van der Waals surface area (Å²) in [5, 5.41) is 22.7. The summed E-state index contributed by atoms with van der Waals surface area (Å²) in [7, 11) is 1.55. The first-order valence-corrected chi connectivity index (χ1v) is 7.46. The largest absolute Gasteiger partial charge is 0.492 e. The van der Waals surface area contributed by atoms with Crippen LogP contribution in [0.15, 0.2) is 43.5 Å². The predicted molar refractivity (Wildman–Crippen MR) is 79.2 cm³/mol. The van der Waals surface area contributed by atoms with Gasteiger partial charge in [-0.05, 0) is 34.2 Å². The Kier molecular flexibility index (Phi) is 3.90. The zero-order valence-corrected chi connectivity index (χ0v) is 13.4. The van der Waals surface area contributed by atoms with Gasteiger partial charge in [0.15, 0.2) is 0 Å². The first kappa shape index (κ1) is 14.7.